The molecule has 0 atom stereocenters. The first-order valence-corrected chi connectivity index (χ1v) is 17.7. The molecule has 2 amide bonds. The molecule has 0 radical (unpaired) electrons. The van der Waals surface area contributed by atoms with Gasteiger partial charge in [-0.15, -0.1) is 0 Å². The number of fused-ring (bicyclic) bond motifs is 2. The van der Waals surface area contributed by atoms with Crippen LogP contribution >= 0.6 is 0 Å². The molecule has 6 rings (SSSR count). The number of amides is 2. The number of aliphatic hydroxyl groups is 1. The summed E-state index contributed by atoms with van der Waals surface area (Å²) >= 11 is 0. The summed E-state index contributed by atoms with van der Waals surface area (Å²) in [6.07, 6.45) is 0.205. The van der Waals surface area contributed by atoms with Crippen LogP contribution in [0.5, 0.6) is 0 Å². The van der Waals surface area contributed by atoms with Crippen LogP contribution in [-0.2, 0) is 20.4 Å². The Morgan fingerprint density at radius 3 is 1.49 bits per heavy atom. The Hall–Kier alpha value is -6.06. The van der Waals surface area contributed by atoms with E-state index in [-0.39, 0.29) is 95.0 Å². The first-order valence-electron chi connectivity index (χ1n) is 17.7. The average Bonchev–Trinajstić information content (AvgIpc) is 3.18. The van der Waals surface area contributed by atoms with Crippen molar-refractivity contribution in [2.75, 3.05) is 25.4 Å². The Morgan fingerprint density at radius 2 is 1.04 bits per heavy atom. The number of ketones is 2. The Morgan fingerprint density at radius 1 is 0.632 bits per heavy atom. The number of carbonyl (C=O) groups is 4. The van der Waals surface area contributed by atoms with Crippen LogP contribution in [0.15, 0.2) is 121 Å². The number of aryl methyl sites for hydroxylation is 2. The van der Waals surface area contributed by atoms with Gasteiger partial charge >= 0.3 is 0 Å². The number of carbonyl (C=O) groups excluding carboxylic acids is 4. The van der Waals surface area contributed by atoms with Gasteiger partial charge in [-0.25, -0.2) is 0 Å². The fourth-order valence-electron chi connectivity index (χ4n) is 5.66. The molecule has 0 aliphatic carbocycles. The van der Waals surface area contributed by atoms with Crippen molar-refractivity contribution in [3.05, 3.63) is 172 Å². The molecular formula is C45H47N4O7Pd-. The van der Waals surface area contributed by atoms with Crippen molar-refractivity contribution >= 4 is 56.3 Å². The van der Waals surface area contributed by atoms with E-state index < -0.39 is 4.92 Å². The largest absolute Gasteiger partial charge is 0.398 e. The van der Waals surface area contributed by atoms with Crippen molar-refractivity contribution in [1.82, 2.24) is 10.6 Å². The van der Waals surface area contributed by atoms with Gasteiger partial charge in [0.2, 0.25) is 0 Å². The van der Waals surface area contributed by atoms with Gasteiger partial charge in [0.05, 0.1) is 10.5 Å². The van der Waals surface area contributed by atoms with Crippen molar-refractivity contribution < 1.29 is 49.6 Å². The molecule has 11 nitrogen and oxygen atoms in total. The summed E-state index contributed by atoms with van der Waals surface area (Å²) in [4.78, 5) is 59.7. The number of nitrogens with zero attached hydrogens (tertiary/aromatic N) is 1. The molecule has 12 heteroatoms. The second-order valence-electron chi connectivity index (χ2n) is 12.7. The van der Waals surface area contributed by atoms with Crippen molar-refractivity contribution in [3.63, 3.8) is 0 Å². The molecule has 57 heavy (non-hydrogen) atoms. The molecule has 0 unspecified atom stereocenters. The topological polar surface area (TPSA) is 182 Å². The Balaban J connectivity index is 0.000000357. The van der Waals surface area contributed by atoms with Gasteiger partial charge in [-0.1, -0.05) is 78.4 Å². The van der Waals surface area contributed by atoms with Gasteiger partial charge in [-0.2, -0.15) is 0 Å². The molecule has 0 aromatic heterocycles. The molecule has 6 aromatic rings. The Labute approximate surface area is 346 Å². The molecule has 300 valence electrons. The summed E-state index contributed by atoms with van der Waals surface area (Å²) < 4.78 is 0. The fourth-order valence-corrected chi connectivity index (χ4v) is 5.66. The number of nitro benzene ring substituents is 1. The quantitative estimate of drug-likeness (QED) is 0.0251. The molecule has 0 saturated heterocycles. The zero-order valence-electron chi connectivity index (χ0n) is 32.3. The summed E-state index contributed by atoms with van der Waals surface area (Å²) in [5.74, 6) is -0.910. The van der Waals surface area contributed by atoms with E-state index in [1.807, 2.05) is 79.7 Å². The van der Waals surface area contributed by atoms with Crippen LogP contribution in [-0.4, -0.2) is 53.1 Å². The first kappa shape index (κ1) is 47.1. The van der Waals surface area contributed by atoms with Crippen molar-refractivity contribution in [2.45, 2.75) is 33.6 Å². The van der Waals surface area contributed by atoms with Crippen LogP contribution in [0, 0.1) is 31.4 Å². The Bertz CT molecular complexity index is 2350. The number of Topliss-reactive ketones (excluding diaryl/α,β-unsaturated/α-hetero) is 2. The summed E-state index contributed by atoms with van der Waals surface area (Å²) in [6.45, 7) is 5.99. The zero-order valence-corrected chi connectivity index (χ0v) is 33.9. The summed E-state index contributed by atoms with van der Waals surface area (Å²) in [5, 5.41) is 28.3. The van der Waals surface area contributed by atoms with Crippen LogP contribution in [0.3, 0.4) is 0 Å². The third kappa shape index (κ3) is 13.6. The van der Waals surface area contributed by atoms with Crippen LogP contribution < -0.4 is 16.4 Å². The summed E-state index contributed by atoms with van der Waals surface area (Å²) in [6, 6.07) is 36.3. The molecule has 0 bridgehead atoms. The third-order valence-corrected chi connectivity index (χ3v) is 8.46. The molecule has 0 aliphatic rings. The van der Waals surface area contributed by atoms with E-state index in [1.54, 1.807) is 50.2 Å². The molecule has 0 saturated carbocycles. The predicted octanol–water partition coefficient (Wildman–Crippen LogP) is 8.24. The van der Waals surface area contributed by atoms with Gasteiger partial charge in [-0.3, -0.25) is 29.3 Å². The number of hydrogen-bond acceptors (Lipinski definition) is 8. The maximum Gasteiger partial charge on any atom is 0.280 e. The monoisotopic (exact) mass is 861 g/mol. The van der Waals surface area contributed by atoms with Crippen LogP contribution in [0.25, 0.3) is 21.5 Å². The van der Waals surface area contributed by atoms with Gasteiger partial charge < -0.3 is 28.9 Å². The SMILES string of the molecule is CCO.Cc1ccc(N)c(C(=O)CCNC(=O)c2ccc3ccccc3c2)c1.Cc1ccc([N+](=O)[O-])c(C(=O)CCNC(=O)c2ccc3ccccc3c2)c1.[CH3-].[Pd]. The number of nitro groups is 1. The summed E-state index contributed by atoms with van der Waals surface area (Å²) in [5.41, 5.74) is 9.53. The maximum atomic E-state index is 12.4. The third-order valence-electron chi connectivity index (χ3n) is 8.46. The van der Waals surface area contributed by atoms with Crippen molar-refractivity contribution in [3.8, 4) is 0 Å². The smallest absolute Gasteiger partial charge is 0.280 e. The van der Waals surface area contributed by atoms with Gasteiger partial charge in [0.25, 0.3) is 17.5 Å². The number of nitrogen functional groups attached to an aromatic ring is 1. The molecule has 0 heterocycles. The van der Waals surface area contributed by atoms with Crippen LogP contribution in [0.1, 0.15) is 72.3 Å². The van der Waals surface area contributed by atoms with Gasteiger partial charge in [0.1, 0.15) is 0 Å². The molecule has 0 aliphatic heterocycles. The van der Waals surface area contributed by atoms with E-state index in [0.29, 0.717) is 22.4 Å². The second kappa shape index (κ2) is 23.1. The molecule has 5 N–H and O–H groups in total. The van der Waals surface area contributed by atoms with Crippen LogP contribution in [0.4, 0.5) is 11.4 Å². The van der Waals surface area contributed by atoms with Gasteiger partial charge in [0, 0.05) is 81.4 Å². The molecular weight excluding hydrogens is 815 g/mol. The molecule has 0 spiro atoms. The molecule has 6 aromatic carbocycles. The fraction of sp³-hybridized carbons (Fsp3) is 0.178. The number of benzene rings is 6. The van der Waals surface area contributed by atoms with E-state index in [1.165, 1.54) is 12.1 Å². The van der Waals surface area contributed by atoms with Gasteiger partial charge in [0.15, 0.2) is 11.6 Å². The summed E-state index contributed by atoms with van der Waals surface area (Å²) in [7, 11) is 0. The van der Waals surface area contributed by atoms with Crippen molar-refractivity contribution in [1.29, 1.82) is 0 Å². The number of nitrogens with two attached hydrogens (primary N) is 1. The number of nitrogens with one attached hydrogen (secondary N) is 2. The number of rotatable bonds is 11. The number of aliphatic hydroxyl groups excluding tert-OH is 1. The van der Waals surface area contributed by atoms with E-state index in [9.17, 15) is 29.3 Å². The van der Waals surface area contributed by atoms with Crippen molar-refractivity contribution in [2.24, 2.45) is 0 Å². The zero-order chi connectivity index (χ0) is 39.9. The first-order chi connectivity index (χ1) is 26.4. The van der Waals surface area contributed by atoms with E-state index in [0.717, 1.165) is 32.7 Å². The minimum Gasteiger partial charge on any atom is -0.398 e. The number of hydrogen-bond donors (Lipinski definition) is 4. The Kier molecular flexibility index (Phi) is 19.1. The van der Waals surface area contributed by atoms with Gasteiger partial charge in [-0.05, 0) is 90.3 Å². The standard InChI is InChI=1S/C21H18N2O4.C21H20N2O2.C2H6O.CH3.Pd/c1-14-6-9-19(23(26)27)18(12-14)20(24)10-11-22-21(25)17-8-7-15-4-2-3-5-16(15)13-17;1-14-6-9-19(22)18(12-14)20(24)10-11-23-21(25)17-8-7-15-4-2-3-5-16(15)13-17;1-2-3;;/h2-9,12-13H,10-11H2,1H3,(H,22,25);2-9,12-13H,10-11,22H2,1H3,(H,23,25);3H,2H2,1H3;1H3;/q;;;-1;. The minimum absolute atomic E-state index is 0. The normalized spacial score (nSPS) is 9.96. The molecule has 0 fully saturated rings. The van der Waals surface area contributed by atoms with Crippen LogP contribution in [0.2, 0.25) is 0 Å². The van der Waals surface area contributed by atoms with E-state index in [2.05, 4.69) is 10.6 Å². The van der Waals surface area contributed by atoms with E-state index >= 15 is 0 Å². The maximum absolute atomic E-state index is 12.4. The second-order valence-corrected chi connectivity index (χ2v) is 12.7. The number of anilines is 1. The van der Waals surface area contributed by atoms with E-state index in [4.69, 9.17) is 10.8 Å². The average molecular weight is 862 g/mol. The minimum atomic E-state index is -0.569. The predicted molar refractivity (Wildman–Crippen MR) is 223 cm³/mol.